The highest BCUT2D eigenvalue weighted by Crippen LogP contribution is 2.42. The van der Waals surface area contributed by atoms with Crippen molar-refractivity contribution < 1.29 is 5.11 Å². The lowest BCUT2D eigenvalue weighted by atomic mass is 10.0. The van der Waals surface area contributed by atoms with Crippen LogP contribution in [0.25, 0.3) is 11.6 Å². The van der Waals surface area contributed by atoms with Crippen molar-refractivity contribution in [3.05, 3.63) is 53.6 Å². The molecule has 0 aromatic heterocycles. The summed E-state index contributed by atoms with van der Waals surface area (Å²) in [6.45, 7) is 2.18. The average Bonchev–Trinajstić information content (AvgIpc) is 2.54. The Bertz CT molecular complexity index is 629. The number of hydrogen-bond acceptors (Lipinski definition) is 2. The highest BCUT2D eigenvalue weighted by molar-refractivity contribution is 7.99. The van der Waals surface area contributed by atoms with Gasteiger partial charge < -0.3 is 5.11 Å². The molecule has 0 fully saturated rings. The molecule has 90 valence electrons. The van der Waals surface area contributed by atoms with Crippen LogP contribution in [0.2, 0.25) is 0 Å². The number of phenolic OH excluding ortho intramolecular Hbond substituents is 1. The molecular weight excluding hydrogens is 240 g/mol. The van der Waals surface area contributed by atoms with Gasteiger partial charge in [0.1, 0.15) is 5.75 Å². The second kappa shape index (κ2) is 4.54. The Morgan fingerprint density at radius 1 is 1.06 bits per heavy atom. The predicted molar refractivity (Wildman–Crippen MR) is 76.8 cm³/mol. The van der Waals surface area contributed by atoms with Crippen molar-refractivity contribution in [3.8, 4) is 5.75 Å². The zero-order valence-corrected chi connectivity index (χ0v) is 11.0. The molecule has 0 saturated carbocycles. The van der Waals surface area contributed by atoms with Crippen LogP contribution >= 0.6 is 11.8 Å². The van der Waals surface area contributed by atoms with Crippen molar-refractivity contribution in [1.82, 2.24) is 0 Å². The van der Waals surface area contributed by atoms with E-state index in [1.165, 1.54) is 21.6 Å². The summed E-state index contributed by atoms with van der Waals surface area (Å²) in [5, 5.41) is 9.62. The van der Waals surface area contributed by atoms with E-state index in [0.29, 0.717) is 5.75 Å². The molecular formula is C16H14OS. The van der Waals surface area contributed by atoms with Crippen LogP contribution in [-0.2, 0) is 0 Å². The molecule has 0 saturated heterocycles. The van der Waals surface area contributed by atoms with Crippen molar-refractivity contribution in [2.24, 2.45) is 0 Å². The molecule has 1 nitrogen and oxygen atoms in total. The van der Waals surface area contributed by atoms with Gasteiger partial charge in [0.05, 0.1) is 0 Å². The molecule has 1 aliphatic heterocycles. The normalized spacial score (nSPS) is 13.3. The molecule has 2 aromatic rings. The largest absolute Gasteiger partial charge is 0.508 e. The van der Waals surface area contributed by atoms with Crippen LogP contribution in [0.5, 0.6) is 5.75 Å². The topological polar surface area (TPSA) is 20.2 Å². The highest BCUT2D eigenvalue weighted by Gasteiger charge is 2.14. The van der Waals surface area contributed by atoms with Gasteiger partial charge in [0.2, 0.25) is 0 Å². The SMILES string of the molecule is CCC1=Cc2ccc(O)cc2Sc2ccccc21. The van der Waals surface area contributed by atoms with E-state index in [1.807, 2.05) is 12.1 Å². The van der Waals surface area contributed by atoms with Crippen LogP contribution in [0.3, 0.4) is 0 Å². The van der Waals surface area contributed by atoms with Crippen molar-refractivity contribution in [1.29, 1.82) is 0 Å². The van der Waals surface area contributed by atoms with E-state index < -0.39 is 0 Å². The Morgan fingerprint density at radius 2 is 1.89 bits per heavy atom. The number of hydrogen-bond donors (Lipinski definition) is 1. The lowest BCUT2D eigenvalue weighted by Gasteiger charge is -2.07. The molecule has 0 radical (unpaired) electrons. The maximum Gasteiger partial charge on any atom is 0.116 e. The third kappa shape index (κ3) is 1.93. The second-order valence-electron chi connectivity index (χ2n) is 4.34. The molecule has 0 atom stereocenters. The van der Waals surface area contributed by atoms with Gasteiger partial charge in [0.25, 0.3) is 0 Å². The summed E-state index contributed by atoms with van der Waals surface area (Å²) >= 11 is 1.72. The minimum Gasteiger partial charge on any atom is -0.508 e. The van der Waals surface area contributed by atoms with Gasteiger partial charge in [-0.25, -0.2) is 0 Å². The van der Waals surface area contributed by atoms with E-state index in [2.05, 4.69) is 37.3 Å². The maximum atomic E-state index is 9.62. The van der Waals surface area contributed by atoms with E-state index in [0.717, 1.165) is 11.3 Å². The molecule has 1 N–H and O–H groups in total. The van der Waals surface area contributed by atoms with Gasteiger partial charge in [-0.1, -0.05) is 43.0 Å². The van der Waals surface area contributed by atoms with Crippen LogP contribution in [-0.4, -0.2) is 5.11 Å². The van der Waals surface area contributed by atoms with Gasteiger partial charge in [-0.2, -0.15) is 0 Å². The van der Waals surface area contributed by atoms with Crippen molar-refractivity contribution in [2.75, 3.05) is 0 Å². The maximum absolute atomic E-state index is 9.62. The van der Waals surface area contributed by atoms with Gasteiger partial charge in [0, 0.05) is 9.79 Å². The molecule has 2 aromatic carbocycles. The standard InChI is InChI=1S/C16H14OS/c1-2-11-9-12-7-8-13(17)10-16(12)18-15-6-4-3-5-14(11)15/h3-10,17H,2H2,1H3. The first-order valence-corrected chi connectivity index (χ1v) is 6.90. The van der Waals surface area contributed by atoms with E-state index in [9.17, 15) is 5.11 Å². The van der Waals surface area contributed by atoms with Crippen LogP contribution in [0.1, 0.15) is 24.5 Å². The van der Waals surface area contributed by atoms with Crippen LogP contribution in [0.15, 0.2) is 52.3 Å². The lowest BCUT2D eigenvalue weighted by molar-refractivity contribution is 0.474. The zero-order valence-electron chi connectivity index (χ0n) is 10.2. The molecule has 18 heavy (non-hydrogen) atoms. The minimum absolute atomic E-state index is 0.326. The van der Waals surface area contributed by atoms with Gasteiger partial charge in [-0.05, 0) is 47.4 Å². The predicted octanol–water partition coefficient (Wildman–Crippen LogP) is 4.81. The van der Waals surface area contributed by atoms with Crippen molar-refractivity contribution in [3.63, 3.8) is 0 Å². The minimum atomic E-state index is 0.326. The van der Waals surface area contributed by atoms with Gasteiger partial charge in [0.15, 0.2) is 0 Å². The summed E-state index contributed by atoms with van der Waals surface area (Å²) in [6, 6.07) is 14.0. The zero-order chi connectivity index (χ0) is 12.5. The number of aromatic hydroxyl groups is 1. The Kier molecular flexibility index (Phi) is 2.88. The summed E-state index contributed by atoms with van der Waals surface area (Å²) in [4.78, 5) is 2.38. The molecule has 3 rings (SSSR count). The number of benzene rings is 2. The monoisotopic (exact) mass is 254 g/mol. The molecule has 0 amide bonds. The van der Waals surface area contributed by atoms with Crippen molar-refractivity contribution >= 4 is 23.4 Å². The first-order valence-electron chi connectivity index (χ1n) is 6.09. The molecule has 1 heterocycles. The van der Waals surface area contributed by atoms with E-state index in [4.69, 9.17) is 0 Å². The fourth-order valence-corrected chi connectivity index (χ4v) is 3.35. The molecule has 0 bridgehead atoms. The van der Waals surface area contributed by atoms with Gasteiger partial charge in [-0.15, -0.1) is 0 Å². The smallest absolute Gasteiger partial charge is 0.116 e. The highest BCUT2D eigenvalue weighted by atomic mass is 32.2. The molecule has 0 aliphatic carbocycles. The van der Waals surface area contributed by atoms with Crippen molar-refractivity contribution in [2.45, 2.75) is 23.1 Å². The number of phenols is 1. The fourth-order valence-electron chi connectivity index (χ4n) is 2.23. The Morgan fingerprint density at radius 3 is 2.72 bits per heavy atom. The molecule has 0 spiro atoms. The van der Waals surface area contributed by atoms with E-state index in [1.54, 1.807) is 17.8 Å². The Labute approximate surface area is 111 Å². The van der Waals surface area contributed by atoms with Gasteiger partial charge in [-0.3, -0.25) is 0 Å². The third-order valence-corrected chi connectivity index (χ3v) is 4.31. The van der Waals surface area contributed by atoms with E-state index in [-0.39, 0.29) is 0 Å². The summed E-state index contributed by atoms with van der Waals surface area (Å²) in [5.74, 6) is 0.326. The first-order chi connectivity index (χ1) is 8.78. The molecule has 0 unspecified atom stereocenters. The quantitative estimate of drug-likeness (QED) is 0.788. The summed E-state index contributed by atoms with van der Waals surface area (Å²) in [6.07, 6.45) is 3.24. The van der Waals surface area contributed by atoms with Crippen LogP contribution in [0, 0.1) is 0 Å². The summed E-state index contributed by atoms with van der Waals surface area (Å²) in [5.41, 5.74) is 3.84. The van der Waals surface area contributed by atoms with Gasteiger partial charge >= 0.3 is 0 Å². The average molecular weight is 254 g/mol. The summed E-state index contributed by atoms with van der Waals surface area (Å²) < 4.78 is 0. The Balaban J connectivity index is 2.24. The second-order valence-corrected chi connectivity index (χ2v) is 5.43. The number of fused-ring (bicyclic) bond motifs is 2. The van der Waals surface area contributed by atoms with Crippen LogP contribution < -0.4 is 0 Å². The third-order valence-electron chi connectivity index (χ3n) is 3.16. The number of allylic oxidation sites excluding steroid dienone is 1. The Hall–Kier alpha value is -1.67. The molecule has 1 aliphatic rings. The van der Waals surface area contributed by atoms with E-state index >= 15 is 0 Å². The van der Waals surface area contributed by atoms with Crippen LogP contribution in [0.4, 0.5) is 0 Å². The fraction of sp³-hybridized carbons (Fsp3) is 0.125. The lowest BCUT2D eigenvalue weighted by Crippen LogP contribution is -1.83. The first kappa shape index (κ1) is 11.4. The number of rotatable bonds is 1. The molecule has 2 heteroatoms. The summed E-state index contributed by atoms with van der Waals surface area (Å²) in [7, 11) is 0.